The minimum Gasteiger partial charge on any atom is -0.0837 e. The van der Waals surface area contributed by atoms with Gasteiger partial charge in [0.2, 0.25) is 0 Å². The van der Waals surface area contributed by atoms with Crippen LogP contribution in [-0.2, 0) is 0 Å². The third-order valence-electron chi connectivity index (χ3n) is 2.74. The molecule has 0 heteroatoms. The van der Waals surface area contributed by atoms with E-state index >= 15 is 0 Å². The molecular formula is C11H18. The highest BCUT2D eigenvalue weighted by atomic mass is 14.2. The van der Waals surface area contributed by atoms with E-state index in [9.17, 15) is 0 Å². The van der Waals surface area contributed by atoms with Gasteiger partial charge in [-0.05, 0) is 32.1 Å². The molecule has 0 aliphatic heterocycles. The van der Waals surface area contributed by atoms with Gasteiger partial charge in [0.15, 0.2) is 0 Å². The summed E-state index contributed by atoms with van der Waals surface area (Å²) in [5, 5.41) is 0. The molecule has 0 aromatic carbocycles. The van der Waals surface area contributed by atoms with Gasteiger partial charge >= 0.3 is 0 Å². The van der Waals surface area contributed by atoms with Crippen LogP contribution >= 0.6 is 0 Å². The average Bonchev–Trinajstić information content (AvgIpc) is 1.94. The largest absolute Gasteiger partial charge is 0.0837 e. The highest BCUT2D eigenvalue weighted by Gasteiger charge is 2.17. The molecule has 1 aliphatic rings. The molecule has 0 nitrogen and oxygen atoms in total. The topological polar surface area (TPSA) is 0 Å². The first-order valence-corrected chi connectivity index (χ1v) is 4.47. The van der Waals surface area contributed by atoms with Crippen molar-refractivity contribution in [3.8, 4) is 0 Å². The van der Waals surface area contributed by atoms with Gasteiger partial charge in [0, 0.05) is 0 Å². The lowest BCUT2D eigenvalue weighted by atomic mass is 9.81. The normalized spacial score (nSPS) is 25.0. The number of rotatable bonds is 1. The Hall–Kier alpha value is -0.520. The third kappa shape index (κ3) is 1.74. The predicted octanol–water partition coefficient (Wildman–Crippen LogP) is 3.55. The van der Waals surface area contributed by atoms with Crippen LogP contribution in [-0.4, -0.2) is 0 Å². The van der Waals surface area contributed by atoms with E-state index < -0.39 is 0 Å². The smallest absolute Gasteiger partial charge is 0.0142 e. The summed E-state index contributed by atoms with van der Waals surface area (Å²) in [6.45, 7) is 9.09. The molecule has 0 fully saturated rings. The van der Waals surface area contributed by atoms with Crippen LogP contribution in [0.4, 0.5) is 0 Å². The lowest BCUT2D eigenvalue weighted by molar-refractivity contribution is 0.441. The van der Waals surface area contributed by atoms with E-state index in [0.29, 0.717) is 0 Å². The Morgan fingerprint density at radius 2 is 2.00 bits per heavy atom. The van der Waals surface area contributed by atoms with Crippen LogP contribution in [0.15, 0.2) is 23.3 Å². The molecule has 0 heterocycles. The second-order valence-corrected chi connectivity index (χ2v) is 3.85. The standard InChI is InChI=1S/C11H18/c1-8(2)11-7-5-6-9(3)10(11)4/h5-6,8,11H,7H2,1-4H3. The summed E-state index contributed by atoms with van der Waals surface area (Å²) in [6, 6.07) is 0. The quantitative estimate of drug-likeness (QED) is 0.536. The zero-order chi connectivity index (χ0) is 8.43. The molecule has 0 spiro atoms. The number of hydrogen-bond acceptors (Lipinski definition) is 0. The molecule has 1 atom stereocenters. The summed E-state index contributed by atoms with van der Waals surface area (Å²) < 4.78 is 0. The van der Waals surface area contributed by atoms with Gasteiger partial charge in [-0.3, -0.25) is 0 Å². The lowest BCUT2D eigenvalue weighted by Gasteiger charge is -2.24. The van der Waals surface area contributed by atoms with Crippen molar-refractivity contribution < 1.29 is 0 Å². The van der Waals surface area contributed by atoms with Crippen molar-refractivity contribution >= 4 is 0 Å². The molecule has 1 unspecified atom stereocenters. The molecule has 1 rings (SSSR count). The van der Waals surface area contributed by atoms with Gasteiger partial charge in [-0.15, -0.1) is 0 Å². The molecule has 11 heavy (non-hydrogen) atoms. The first-order chi connectivity index (χ1) is 5.13. The predicted molar refractivity (Wildman–Crippen MR) is 50.5 cm³/mol. The van der Waals surface area contributed by atoms with Gasteiger partial charge in [0.1, 0.15) is 0 Å². The van der Waals surface area contributed by atoms with Crippen LogP contribution in [0.3, 0.4) is 0 Å². The second-order valence-electron chi connectivity index (χ2n) is 3.85. The van der Waals surface area contributed by atoms with Gasteiger partial charge in [0.25, 0.3) is 0 Å². The first-order valence-electron chi connectivity index (χ1n) is 4.47. The van der Waals surface area contributed by atoms with Gasteiger partial charge in [-0.1, -0.05) is 37.1 Å². The third-order valence-corrected chi connectivity index (χ3v) is 2.74. The fourth-order valence-corrected chi connectivity index (χ4v) is 1.76. The zero-order valence-electron chi connectivity index (χ0n) is 8.02. The van der Waals surface area contributed by atoms with Gasteiger partial charge in [-0.25, -0.2) is 0 Å². The van der Waals surface area contributed by atoms with Crippen LogP contribution in [0.5, 0.6) is 0 Å². The van der Waals surface area contributed by atoms with Crippen molar-refractivity contribution in [1.82, 2.24) is 0 Å². The van der Waals surface area contributed by atoms with E-state index in [1.54, 1.807) is 5.57 Å². The van der Waals surface area contributed by atoms with Crippen LogP contribution in [0.1, 0.15) is 34.1 Å². The summed E-state index contributed by atoms with van der Waals surface area (Å²) in [7, 11) is 0. The van der Waals surface area contributed by atoms with Crippen molar-refractivity contribution in [2.75, 3.05) is 0 Å². The first kappa shape index (κ1) is 8.58. The van der Waals surface area contributed by atoms with Gasteiger partial charge in [0.05, 0.1) is 0 Å². The van der Waals surface area contributed by atoms with Crippen molar-refractivity contribution in [1.29, 1.82) is 0 Å². The van der Waals surface area contributed by atoms with E-state index in [4.69, 9.17) is 0 Å². The summed E-state index contributed by atoms with van der Waals surface area (Å²) >= 11 is 0. The van der Waals surface area contributed by atoms with E-state index in [1.807, 2.05) is 0 Å². The minimum atomic E-state index is 0.787. The monoisotopic (exact) mass is 150 g/mol. The molecule has 62 valence electrons. The number of allylic oxidation sites excluding steroid dienone is 4. The molecule has 0 saturated heterocycles. The zero-order valence-corrected chi connectivity index (χ0v) is 8.02. The van der Waals surface area contributed by atoms with E-state index in [1.165, 1.54) is 12.0 Å². The van der Waals surface area contributed by atoms with Crippen molar-refractivity contribution in [3.63, 3.8) is 0 Å². The average molecular weight is 150 g/mol. The second kappa shape index (κ2) is 3.25. The van der Waals surface area contributed by atoms with Crippen molar-refractivity contribution in [2.24, 2.45) is 11.8 Å². The Bertz CT molecular complexity index is 194. The van der Waals surface area contributed by atoms with Crippen LogP contribution in [0, 0.1) is 11.8 Å². The molecular weight excluding hydrogens is 132 g/mol. The maximum atomic E-state index is 2.31. The van der Waals surface area contributed by atoms with Gasteiger partial charge < -0.3 is 0 Å². The molecule has 0 amide bonds. The Labute approximate surface area is 70.0 Å². The van der Waals surface area contributed by atoms with Crippen molar-refractivity contribution in [2.45, 2.75) is 34.1 Å². The van der Waals surface area contributed by atoms with Crippen LogP contribution < -0.4 is 0 Å². The van der Waals surface area contributed by atoms with Crippen LogP contribution in [0.25, 0.3) is 0 Å². The maximum absolute atomic E-state index is 2.31. The maximum Gasteiger partial charge on any atom is -0.0142 e. The summed E-state index contributed by atoms with van der Waals surface area (Å²) in [4.78, 5) is 0. The lowest BCUT2D eigenvalue weighted by Crippen LogP contribution is -2.12. The molecule has 1 aliphatic carbocycles. The minimum absolute atomic E-state index is 0.787. The Kier molecular flexibility index (Phi) is 2.53. The molecule has 0 saturated carbocycles. The Morgan fingerprint density at radius 1 is 1.36 bits per heavy atom. The van der Waals surface area contributed by atoms with E-state index in [2.05, 4.69) is 39.8 Å². The summed E-state index contributed by atoms with van der Waals surface area (Å²) in [5.41, 5.74) is 3.05. The Balaban J connectivity index is 2.81. The molecule has 0 bridgehead atoms. The molecule has 0 aromatic heterocycles. The highest BCUT2D eigenvalue weighted by molar-refractivity contribution is 5.28. The number of hydrogen-bond donors (Lipinski definition) is 0. The highest BCUT2D eigenvalue weighted by Crippen LogP contribution is 2.30. The Morgan fingerprint density at radius 3 is 2.45 bits per heavy atom. The van der Waals surface area contributed by atoms with Gasteiger partial charge in [-0.2, -0.15) is 0 Å². The van der Waals surface area contributed by atoms with E-state index in [0.717, 1.165) is 11.8 Å². The summed E-state index contributed by atoms with van der Waals surface area (Å²) in [6.07, 6.45) is 5.78. The fraction of sp³-hybridized carbons (Fsp3) is 0.636. The fourth-order valence-electron chi connectivity index (χ4n) is 1.76. The van der Waals surface area contributed by atoms with Crippen molar-refractivity contribution in [3.05, 3.63) is 23.3 Å². The molecule has 0 aromatic rings. The van der Waals surface area contributed by atoms with E-state index in [-0.39, 0.29) is 0 Å². The molecule has 0 radical (unpaired) electrons. The molecule has 0 N–H and O–H groups in total. The summed E-state index contributed by atoms with van der Waals surface area (Å²) in [5.74, 6) is 1.58. The SMILES string of the molecule is CC1=C(C)C(C(C)C)CC=C1. The van der Waals surface area contributed by atoms with Crippen LogP contribution in [0.2, 0.25) is 0 Å².